The molecule has 1 aromatic heterocycles. The number of likely N-dealkylation sites (tertiary alicyclic amines) is 1. The van der Waals surface area contributed by atoms with Gasteiger partial charge in [0.25, 0.3) is 0 Å². The molecule has 0 bridgehead atoms. The van der Waals surface area contributed by atoms with Gasteiger partial charge in [0, 0.05) is 44.2 Å². The van der Waals surface area contributed by atoms with Crippen molar-refractivity contribution < 1.29 is 0 Å². The van der Waals surface area contributed by atoms with E-state index in [1.165, 1.54) is 23.3 Å². The number of nitrogens with one attached hydrogen (secondary N) is 1. The highest BCUT2D eigenvalue weighted by Crippen LogP contribution is 2.20. The molecule has 0 radical (unpaired) electrons. The Hall–Kier alpha value is -1.79. The van der Waals surface area contributed by atoms with Crippen molar-refractivity contribution in [2.24, 2.45) is 0 Å². The fraction of sp³-hybridized carbons (Fsp3) is 0.474. The molecule has 0 spiro atoms. The quantitative estimate of drug-likeness (QED) is 0.800. The normalized spacial score (nSPS) is 18.1. The molecule has 0 saturated carbocycles. The van der Waals surface area contributed by atoms with E-state index >= 15 is 0 Å². The summed E-state index contributed by atoms with van der Waals surface area (Å²) in [6.07, 6.45) is 6.14. The number of nitrogens with zero attached hydrogens (tertiary/aromatic N) is 4. The molecule has 2 heterocycles. The second-order valence-corrected chi connectivity index (χ2v) is 7.60. The lowest BCUT2D eigenvalue weighted by molar-refractivity contribution is 0.208. The van der Waals surface area contributed by atoms with E-state index in [1.54, 1.807) is 18.1 Å². The summed E-state index contributed by atoms with van der Waals surface area (Å²) in [5.74, 6) is 1.84. The molecule has 1 saturated heterocycles. The topological polar surface area (TPSA) is 44.3 Å². The first-order valence-corrected chi connectivity index (χ1v) is 9.97. The van der Waals surface area contributed by atoms with Crippen molar-refractivity contribution in [3.8, 4) is 0 Å². The van der Waals surface area contributed by atoms with Crippen molar-refractivity contribution in [2.45, 2.75) is 30.3 Å². The van der Waals surface area contributed by atoms with Crippen LogP contribution in [0.5, 0.6) is 0 Å². The van der Waals surface area contributed by atoms with Crippen LogP contribution in [0.15, 0.2) is 41.6 Å². The van der Waals surface area contributed by atoms with Crippen LogP contribution in [-0.2, 0) is 6.54 Å². The number of hydrogen-bond donors (Lipinski definition) is 1. The van der Waals surface area contributed by atoms with Crippen LogP contribution < -0.4 is 10.2 Å². The number of thioether (sulfide) groups is 1. The molecule has 1 unspecified atom stereocenters. The molecule has 25 heavy (non-hydrogen) atoms. The van der Waals surface area contributed by atoms with E-state index in [4.69, 9.17) is 0 Å². The smallest absolute Gasteiger partial charge is 0.133 e. The van der Waals surface area contributed by atoms with Gasteiger partial charge in [-0.2, -0.15) is 0 Å². The minimum atomic E-state index is 0.434. The van der Waals surface area contributed by atoms with E-state index in [0.717, 1.165) is 31.3 Å². The summed E-state index contributed by atoms with van der Waals surface area (Å²) in [6, 6.07) is 11.4. The Kier molecular flexibility index (Phi) is 6.15. The van der Waals surface area contributed by atoms with Gasteiger partial charge in [0.2, 0.25) is 0 Å². The lowest BCUT2D eigenvalue weighted by Gasteiger charge is -2.33. The average molecular weight is 358 g/mol. The average Bonchev–Trinajstić information content (AvgIpc) is 2.63. The predicted octanol–water partition coefficient (Wildman–Crippen LogP) is 3.34. The molecule has 1 aliphatic rings. The zero-order valence-corrected chi connectivity index (χ0v) is 16.1. The Morgan fingerprint density at radius 1 is 1.24 bits per heavy atom. The Labute approximate surface area is 154 Å². The summed E-state index contributed by atoms with van der Waals surface area (Å²) in [6.45, 7) is 3.22. The number of rotatable bonds is 6. The van der Waals surface area contributed by atoms with Gasteiger partial charge in [0.1, 0.15) is 18.0 Å². The number of piperidine rings is 1. The monoisotopic (exact) mass is 357 g/mol. The largest absolute Gasteiger partial charge is 0.366 e. The summed E-state index contributed by atoms with van der Waals surface area (Å²) in [5, 5.41) is 3.59. The van der Waals surface area contributed by atoms with Gasteiger partial charge in [-0.15, -0.1) is 11.8 Å². The standard InChI is InChI=1S/C19H27N5S/c1-23(2)19-11-18(20-14-21-19)22-16-5-4-10-24(13-16)12-15-6-8-17(25-3)9-7-15/h6-9,11,14,16H,4-5,10,12-13H2,1-3H3,(H,20,21,22). The highest BCUT2D eigenvalue weighted by molar-refractivity contribution is 7.98. The maximum absolute atomic E-state index is 4.37. The Morgan fingerprint density at radius 3 is 2.76 bits per heavy atom. The summed E-state index contributed by atoms with van der Waals surface area (Å²) in [7, 11) is 3.99. The SMILES string of the molecule is CSc1ccc(CN2CCCC(Nc3cc(N(C)C)ncn3)C2)cc1. The van der Waals surface area contributed by atoms with Gasteiger partial charge in [-0.1, -0.05) is 12.1 Å². The third-order valence-electron chi connectivity index (χ3n) is 4.53. The van der Waals surface area contributed by atoms with Crippen LogP contribution in [0.3, 0.4) is 0 Å². The third kappa shape index (κ3) is 5.09. The van der Waals surface area contributed by atoms with Gasteiger partial charge >= 0.3 is 0 Å². The first kappa shape index (κ1) is 18.0. The third-order valence-corrected chi connectivity index (χ3v) is 5.28. The van der Waals surface area contributed by atoms with Crippen LogP contribution in [0.4, 0.5) is 11.6 Å². The molecule has 134 valence electrons. The van der Waals surface area contributed by atoms with Crippen LogP contribution in [-0.4, -0.2) is 54.4 Å². The Balaban J connectivity index is 1.58. The minimum absolute atomic E-state index is 0.434. The van der Waals surface area contributed by atoms with Crippen LogP contribution in [0.25, 0.3) is 0 Å². The van der Waals surface area contributed by atoms with Crippen LogP contribution in [0.2, 0.25) is 0 Å². The van der Waals surface area contributed by atoms with Crippen molar-refractivity contribution in [3.63, 3.8) is 0 Å². The molecule has 0 amide bonds. The molecule has 1 atom stereocenters. The van der Waals surface area contributed by atoms with E-state index < -0.39 is 0 Å². The van der Waals surface area contributed by atoms with Gasteiger partial charge in [-0.25, -0.2) is 9.97 Å². The fourth-order valence-electron chi connectivity index (χ4n) is 3.19. The van der Waals surface area contributed by atoms with Crippen LogP contribution in [0.1, 0.15) is 18.4 Å². The van der Waals surface area contributed by atoms with Crippen molar-refractivity contribution >= 4 is 23.4 Å². The highest BCUT2D eigenvalue weighted by Gasteiger charge is 2.20. The van der Waals surface area contributed by atoms with Crippen LogP contribution in [0, 0.1) is 0 Å². The second kappa shape index (κ2) is 8.54. The lowest BCUT2D eigenvalue weighted by Crippen LogP contribution is -2.41. The molecule has 5 nitrogen and oxygen atoms in total. The van der Waals surface area contributed by atoms with Gasteiger partial charge in [0.15, 0.2) is 0 Å². The zero-order valence-electron chi connectivity index (χ0n) is 15.3. The van der Waals surface area contributed by atoms with Gasteiger partial charge in [-0.05, 0) is 43.3 Å². The molecule has 1 fully saturated rings. The minimum Gasteiger partial charge on any atom is -0.366 e. The van der Waals surface area contributed by atoms with Crippen molar-refractivity contribution in [3.05, 3.63) is 42.2 Å². The van der Waals surface area contributed by atoms with E-state index in [-0.39, 0.29) is 0 Å². The van der Waals surface area contributed by atoms with Crippen molar-refractivity contribution in [1.29, 1.82) is 0 Å². The molecule has 3 rings (SSSR count). The Bertz CT molecular complexity index is 674. The maximum Gasteiger partial charge on any atom is 0.133 e. The molecule has 6 heteroatoms. The number of aromatic nitrogens is 2. The molecule has 1 aromatic carbocycles. The summed E-state index contributed by atoms with van der Waals surface area (Å²) in [5.41, 5.74) is 1.38. The van der Waals surface area contributed by atoms with Crippen molar-refractivity contribution in [2.75, 3.05) is 43.7 Å². The molecule has 0 aliphatic carbocycles. The van der Waals surface area contributed by atoms with E-state index in [0.29, 0.717) is 6.04 Å². The van der Waals surface area contributed by atoms with Crippen LogP contribution >= 0.6 is 11.8 Å². The molecule has 1 N–H and O–H groups in total. The zero-order chi connectivity index (χ0) is 17.6. The summed E-state index contributed by atoms with van der Waals surface area (Å²) >= 11 is 1.79. The second-order valence-electron chi connectivity index (χ2n) is 6.72. The van der Waals surface area contributed by atoms with Gasteiger partial charge in [0.05, 0.1) is 0 Å². The highest BCUT2D eigenvalue weighted by atomic mass is 32.2. The maximum atomic E-state index is 4.37. The molecular formula is C19H27N5S. The molecular weight excluding hydrogens is 330 g/mol. The summed E-state index contributed by atoms with van der Waals surface area (Å²) < 4.78 is 0. The number of hydrogen-bond acceptors (Lipinski definition) is 6. The lowest BCUT2D eigenvalue weighted by atomic mass is 10.0. The summed E-state index contributed by atoms with van der Waals surface area (Å²) in [4.78, 5) is 14.5. The van der Waals surface area contributed by atoms with Gasteiger partial charge in [-0.3, -0.25) is 4.90 Å². The van der Waals surface area contributed by atoms with E-state index in [2.05, 4.69) is 50.7 Å². The Morgan fingerprint density at radius 2 is 2.04 bits per heavy atom. The first-order valence-electron chi connectivity index (χ1n) is 8.75. The van der Waals surface area contributed by atoms with E-state index in [1.807, 2.05) is 25.1 Å². The molecule has 1 aliphatic heterocycles. The van der Waals surface area contributed by atoms with Crippen molar-refractivity contribution in [1.82, 2.24) is 14.9 Å². The van der Waals surface area contributed by atoms with E-state index in [9.17, 15) is 0 Å². The predicted molar refractivity (Wildman–Crippen MR) is 107 cm³/mol. The number of benzene rings is 1. The first-order chi connectivity index (χ1) is 12.1. The van der Waals surface area contributed by atoms with Gasteiger partial charge < -0.3 is 10.2 Å². The fourth-order valence-corrected chi connectivity index (χ4v) is 3.59. The molecule has 2 aromatic rings. The number of anilines is 2.